The Bertz CT molecular complexity index is 278. The van der Waals surface area contributed by atoms with Crippen molar-refractivity contribution in [3.05, 3.63) is 24.5 Å². The molecule has 0 aliphatic carbocycles. The summed E-state index contributed by atoms with van der Waals surface area (Å²) in [5, 5.41) is 3.34. The van der Waals surface area contributed by atoms with E-state index in [2.05, 4.69) is 10.3 Å². The minimum atomic E-state index is 0.178. The van der Waals surface area contributed by atoms with E-state index in [1.165, 1.54) is 0 Å². The first-order valence-electron chi connectivity index (χ1n) is 4.86. The second-order valence-electron chi connectivity index (χ2n) is 3.51. The molecule has 2 heterocycles. The molecule has 0 amide bonds. The zero-order chi connectivity index (χ0) is 9.80. The first-order valence-corrected chi connectivity index (χ1v) is 4.86. The highest BCUT2D eigenvalue weighted by atomic mass is 16.5. The SMILES string of the molecule is NC1CCOCC1Nc1ccncc1. The molecule has 2 unspecified atom stereocenters. The minimum absolute atomic E-state index is 0.178. The van der Waals surface area contributed by atoms with Crippen LogP contribution in [0.1, 0.15) is 6.42 Å². The molecular formula is C10H15N3O. The Morgan fingerprint density at radius 1 is 1.43 bits per heavy atom. The van der Waals surface area contributed by atoms with Crippen molar-refractivity contribution in [2.45, 2.75) is 18.5 Å². The van der Waals surface area contributed by atoms with Gasteiger partial charge in [0.2, 0.25) is 0 Å². The smallest absolute Gasteiger partial charge is 0.0683 e. The molecule has 1 saturated heterocycles. The van der Waals surface area contributed by atoms with Gasteiger partial charge in [-0.15, -0.1) is 0 Å². The van der Waals surface area contributed by atoms with Crippen LogP contribution in [0.15, 0.2) is 24.5 Å². The van der Waals surface area contributed by atoms with Crippen LogP contribution in [0.3, 0.4) is 0 Å². The van der Waals surface area contributed by atoms with Crippen molar-refractivity contribution >= 4 is 5.69 Å². The predicted octanol–water partition coefficient (Wildman–Crippen LogP) is 0.610. The molecule has 0 saturated carbocycles. The zero-order valence-electron chi connectivity index (χ0n) is 8.02. The van der Waals surface area contributed by atoms with Gasteiger partial charge in [0.05, 0.1) is 12.6 Å². The number of pyridine rings is 1. The maximum atomic E-state index is 5.97. The molecule has 1 aliphatic rings. The summed E-state index contributed by atoms with van der Waals surface area (Å²) in [5.74, 6) is 0. The monoisotopic (exact) mass is 193 g/mol. The maximum absolute atomic E-state index is 5.97. The van der Waals surface area contributed by atoms with Crippen molar-refractivity contribution in [1.82, 2.24) is 4.98 Å². The van der Waals surface area contributed by atoms with Gasteiger partial charge in [-0.25, -0.2) is 0 Å². The number of nitrogens with zero attached hydrogens (tertiary/aromatic N) is 1. The Kier molecular flexibility index (Phi) is 2.96. The van der Waals surface area contributed by atoms with Gasteiger partial charge in [0.25, 0.3) is 0 Å². The van der Waals surface area contributed by atoms with Crippen LogP contribution in [0.2, 0.25) is 0 Å². The van der Waals surface area contributed by atoms with E-state index in [4.69, 9.17) is 10.5 Å². The summed E-state index contributed by atoms with van der Waals surface area (Å²) in [5.41, 5.74) is 7.02. The molecule has 0 radical (unpaired) electrons. The highest BCUT2D eigenvalue weighted by Gasteiger charge is 2.21. The van der Waals surface area contributed by atoms with Gasteiger partial charge in [0.15, 0.2) is 0 Å². The summed E-state index contributed by atoms with van der Waals surface area (Å²) in [6.07, 6.45) is 4.44. The molecule has 4 heteroatoms. The Balaban J connectivity index is 1.96. The van der Waals surface area contributed by atoms with Crippen LogP contribution < -0.4 is 11.1 Å². The third kappa shape index (κ3) is 2.21. The largest absolute Gasteiger partial charge is 0.379 e. The third-order valence-corrected chi connectivity index (χ3v) is 2.44. The van der Waals surface area contributed by atoms with Crippen molar-refractivity contribution in [2.75, 3.05) is 18.5 Å². The van der Waals surface area contributed by atoms with Crippen molar-refractivity contribution in [3.8, 4) is 0 Å². The Hall–Kier alpha value is -1.13. The fourth-order valence-electron chi connectivity index (χ4n) is 1.57. The number of hydrogen-bond donors (Lipinski definition) is 2. The van der Waals surface area contributed by atoms with E-state index < -0.39 is 0 Å². The lowest BCUT2D eigenvalue weighted by Gasteiger charge is -2.30. The van der Waals surface area contributed by atoms with Crippen LogP contribution in [0, 0.1) is 0 Å². The average molecular weight is 193 g/mol. The van der Waals surface area contributed by atoms with Gasteiger partial charge in [-0.2, -0.15) is 0 Å². The van der Waals surface area contributed by atoms with Crippen LogP contribution in [-0.4, -0.2) is 30.3 Å². The van der Waals surface area contributed by atoms with Gasteiger partial charge in [-0.1, -0.05) is 0 Å². The Morgan fingerprint density at radius 3 is 2.93 bits per heavy atom. The summed E-state index contributed by atoms with van der Waals surface area (Å²) >= 11 is 0. The third-order valence-electron chi connectivity index (χ3n) is 2.44. The number of nitrogens with one attached hydrogen (secondary N) is 1. The number of ether oxygens (including phenoxy) is 1. The van der Waals surface area contributed by atoms with Crippen molar-refractivity contribution < 1.29 is 4.74 Å². The molecule has 2 rings (SSSR count). The fourth-order valence-corrected chi connectivity index (χ4v) is 1.57. The summed E-state index contributed by atoms with van der Waals surface area (Å²) in [4.78, 5) is 3.95. The van der Waals surface area contributed by atoms with Gasteiger partial charge in [0, 0.05) is 30.7 Å². The molecule has 1 fully saturated rings. The summed E-state index contributed by atoms with van der Waals surface area (Å²) in [6.45, 7) is 1.46. The topological polar surface area (TPSA) is 60.2 Å². The van der Waals surface area contributed by atoms with Crippen LogP contribution >= 0.6 is 0 Å². The van der Waals surface area contributed by atoms with E-state index in [0.29, 0.717) is 6.61 Å². The van der Waals surface area contributed by atoms with E-state index in [-0.39, 0.29) is 12.1 Å². The van der Waals surface area contributed by atoms with Gasteiger partial charge >= 0.3 is 0 Å². The number of hydrogen-bond acceptors (Lipinski definition) is 4. The summed E-state index contributed by atoms with van der Waals surface area (Å²) < 4.78 is 5.37. The molecule has 3 N–H and O–H groups in total. The second kappa shape index (κ2) is 4.39. The van der Waals surface area contributed by atoms with Gasteiger partial charge < -0.3 is 15.8 Å². The van der Waals surface area contributed by atoms with Gasteiger partial charge in [-0.3, -0.25) is 4.98 Å². The number of nitrogens with two attached hydrogens (primary N) is 1. The van der Waals surface area contributed by atoms with Gasteiger partial charge in [-0.05, 0) is 18.6 Å². The van der Waals surface area contributed by atoms with Crippen LogP contribution in [0.5, 0.6) is 0 Å². The maximum Gasteiger partial charge on any atom is 0.0683 e. The molecule has 0 aromatic carbocycles. The van der Waals surface area contributed by atoms with Crippen molar-refractivity contribution in [1.29, 1.82) is 0 Å². The molecule has 1 aromatic rings. The van der Waals surface area contributed by atoms with Crippen LogP contribution in [0.25, 0.3) is 0 Å². The average Bonchev–Trinajstić information content (AvgIpc) is 2.23. The molecule has 0 spiro atoms. The van der Waals surface area contributed by atoms with E-state index in [1.54, 1.807) is 12.4 Å². The van der Waals surface area contributed by atoms with E-state index >= 15 is 0 Å². The lowest BCUT2D eigenvalue weighted by Crippen LogP contribution is -2.47. The van der Waals surface area contributed by atoms with Crippen LogP contribution in [0.4, 0.5) is 5.69 Å². The highest BCUT2D eigenvalue weighted by Crippen LogP contribution is 2.12. The summed E-state index contributed by atoms with van der Waals surface area (Å²) in [7, 11) is 0. The molecule has 1 aromatic heterocycles. The Labute approximate surface area is 83.5 Å². The standard InChI is InChI=1S/C10H15N3O/c11-9-3-6-14-7-10(9)13-8-1-4-12-5-2-8/h1-2,4-5,9-10H,3,6-7,11H2,(H,12,13). The Morgan fingerprint density at radius 2 is 2.21 bits per heavy atom. The fraction of sp³-hybridized carbons (Fsp3) is 0.500. The lowest BCUT2D eigenvalue weighted by atomic mass is 10.0. The molecule has 2 atom stereocenters. The second-order valence-corrected chi connectivity index (χ2v) is 3.51. The minimum Gasteiger partial charge on any atom is -0.379 e. The van der Waals surface area contributed by atoms with Crippen molar-refractivity contribution in [3.63, 3.8) is 0 Å². The first kappa shape index (κ1) is 9.43. The van der Waals surface area contributed by atoms with Crippen LogP contribution in [-0.2, 0) is 4.74 Å². The normalized spacial score (nSPS) is 27.2. The first-order chi connectivity index (χ1) is 6.86. The molecule has 0 bridgehead atoms. The van der Waals surface area contributed by atoms with E-state index in [9.17, 15) is 0 Å². The van der Waals surface area contributed by atoms with E-state index in [1.807, 2.05) is 12.1 Å². The summed E-state index contributed by atoms with van der Waals surface area (Å²) in [6, 6.07) is 4.26. The lowest BCUT2D eigenvalue weighted by molar-refractivity contribution is 0.0768. The molecular weight excluding hydrogens is 178 g/mol. The number of anilines is 1. The number of aromatic nitrogens is 1. The quantitative estimate of drug-likeness (QED) is 0.722. The number of rotatable bonds is 2. The molecule has 14 heavy (non-hydrogen) atoms. The zero-order valence-corrected chi connectivity index (χ0v) is 8.02. The highest BCUT2D eigenvalue weighted by molar-refractivity contribution is 5.42. The molecule has 1 aliphatic heterocycles. The van der Waals surface area contributed by atoms with Crippen molar-refractivity contribution in [2.24, 2.45) is 5.73 Å². The van der Waals surface area contributed by atoms with Gasteiger partial charge in [0.1, 0.15) is 0 Å². The van der Waals surface area contributed by atoms with E-state index in [0.717, 1.165) is 18.7 Å². The molecule has 76 valence electrons. The predicted molar refractivity (Wildman–Crippen MR) is 55.1 cm³/mol. The molecule has 4 nitrogen and oxygen atoms in total.